The van der Waals surface area contributed by atoms with Gasteiger partial charge in [-0.1, -0.05) is 36.6 Å². The van der Waals surface area contributed by atoms with Crippen molar-refractivity contribution in [1.82, 2.24) is 5.32 Å². The van der Waals surface area contributed by atoms with Gasteiger partial charge in [-0.15, -0.1) is 0 Å². The molecule has 3 heteroatoms. The number of hydrogen-bond acceptors (Lipinski definition) is 2. The van der Waals surface area contributed by atoms with Crippen LogP contribution in [-0.4, -0.2) is 24.2 Å². The predicted molar refractivity (Wildman–Crippen MR) is 78.2 cm³/mol. The van der Waals surface area contributed by atoms with Crippen molar-refractivity contribution in [3.63, 3.8) is 0 Å². The fraction of sp³-hybridized carbons (Fsp3) is 0.562. The lowest BCUT2D eigenvalue weighted by molar-refractivity contribution is -0.120. The van der Waals surface area contributed by atoms with Crippen LogP contribution in [0.25, 0.3) is 0 Å². The number of benzene rings is 1. The Labute approximate surface area is 116 Å². The first-order chi connectivity index (χ1) is 9.13. The zero-order valence-corrected chi connectivity index (χ0v) is 12.0. The van der Waals surface area contributed by atoms with E-state index >= 15 is 0 Å². The highest BCUT2D eigenvalue weighted by Gasteiger charge is 2.05. The molecule has 0 aliphatic carbocycles. The van der Waals surface area contributed by atoms with Crippen LogP contribution in [-0.2, 0) is 11.2 Å². The minimum atomic E-state index is 0.0934. The third-order valence-electron chi connectivity index (χ3n) is 3.26. The van der Waals surface area contributed by atoms with Crippen molar-refractivity contribution in [3.05, 3.63) is 34.9 Å². The van der Waals surface area contributed by atoms with E-state index in [0.29, 0.717) is 6.42 Å². The van der Waals surface area contributed by atoms with Crippen molar-refractivity contribution < 1.29 is 9.90 Å². The lowest BCUT2D eigenvalue weighted by Crippen LogP contribution is -2.26. The number of unbranched alkanes of at least 4 members (excludes halogenated alkanes) is 3. The Morgan fingerprint density at radius 2 is 1.89 bits per heavy atom. The van der Waals surface area contributed by atoms with Crippen molar-refractivity contribution in [2.45, 2.75) is 46.0 Å². The van der Waals surface area contributed by atoms with E-state index in [1.54, 1.807) is 0 Å². The second-order valence-electron chi connectivity index (χ2n) is 5.09. The Kier molecular flexibility index (Phi) is 7.19. The maximum absolute atomic E-state index is 11.8. The summed E-state index contributed by atoms with van der Waals surface area (Å²) in [6.45, 7) is 5.08. The minimum Gasteiger partial charge on any atom is -0.396 e. The fourth-order valence-corrected chi connectivity index (χ4v) is 2.04. The zero-order valence-electron chi connectivity index (χ0n) is 12.0. The second-order valence-corrected chi connectivity index (χ2v) is 5.09. The molecule has 1 aromatic rings. The van der Waals surface area contributed by atoms with Crippen molar-refractivity contribution >= 4 is 5.91 Å². The Morgan fingerprint density at radius 1 is 1.16 bits per heavy atom. The average molecular weight is 263 g/mol. The third-order valence-corrected chi connectivity index (χ3v) is 3.26. The van der Waals surface area contributed by atoms with Crippen molar-refractivity contribution in [3.8, 4) is 0 Å². The van der Waals surface area contributed by atoms with E-state index in [-0.39, 0.29) is 12.5 Å². The Hall–Kier alpha value is -1.35. The molecule has 0 fully saturated rings. The molecule has 0 heterocycles. The molecule has 19 heavy (non-hydrogen) atoms. The SMILES string of the molecule is Cc1ccc(C)c(CC(=O)NCCCCCCO)c1. The summed E-state index contributed by atoms with van der Waals surface area (Å²) in [6, 6.07) is 6.21. The number of rotatable bonds is 8. The lowest BCUT2D eigenvalue weighted by Gasteiger charge is -2.08. The quantitative estimate of drug-likeness (QED) is 0.708. The summed E-state index contributed by atoms with van der Waals surface area (Å²) in [5.41, 5.74) is 3.47. The Morgan fingerprint density at radius 3 is 2.63 bits per heavy atom. The highest BCUT2D eigenvalue weighted by Crippen LogP contribution is 2.11. The summed E-state index contributed by atoms with van der Waals surface area (Å²) in [6.07, 6.45) is 4.40. The molecule has 2 N–H and O–H groups in total. The normalized spacial score (nSPS) is 10.5. The van der Waals surface area contributed by atoms with Gasteiger partial charge in [0.05, 0.1) is 6.42 Å². The maximum atomic E-state index is 11.8. The molecular weight excluding hydrogens is 238 g/mol. The first kappa shape index (κ1) is 15.7. The third kappa shape index (κ3) is 6.39. The van der Waals surface area contributed by atoms with Crippen molar-refractivity contribution in [2.24, 2.45) is 0 Å². The zero-order chi connectivity index (χ0) is 14.1. The van der Waals surface area contributed by atoms with Crippen LogP contribution >= 0.6 is 0 Å². The van der Waals surface area contributed by atoms with Crippen LogP contribution in [0, 0.1) is 13.8 Å². The Bertz CT molecular complexity index is 402. The average Bonchev–Trinajstić information content (AvgIpc) is 2.38. The smallest absolute Gasteiger partial charge is 0.224 e. The fourth-order valence-electron chi connectivity index (χ4n) is 2.04. The number of carbonyl (C=O) groups is 1. The first-order valence-electron chi connectivity index (χ1n) is 7.07. The Balaban J connectivity index is 2.25. The molecule has 0 unspecified atom stereocenters. The van der Waals surface area contributed by atoms with Gasteiger partial charge in [0.15, 0.2) is 0 Å². The van der Waals surface area contributed by atoms with Crippen LogP contribution in [0.3, 0.4) is 0 Å². The molecule has 1 amide bonds. The molecule has 0 aliphatic heterocycles. The summed E-state index contributed by atoms with van der Waals surface area (Å²) in [4.78, 5) is 11.8. The number of hydrogen-bond donors (Lipinski definition) is 2. The summed E-state index contributed by atoms with van der Waals surface area (Å²) >= 11 is 0. The van der Waals surface area contributed by atoms with Gasteiger partial charge in [0.25, 0.3) is 0 Å². The number of amides is 1. The van der Waals surface area contributed by atoms with Gasteiger partial charge in [-0.25, -0.2) is 0 Å². The van der Waals surface area contributed by atoms with Crippen LogP contribution in [0.4, 0.5) is 0 Å². The van der Waals surface area contributed by atoms with E-state index in [9.17, 15) is 4.79 Å². The number of aliphatic hydroxyl groups is 1. The van der Waals surface area contributed by atoms with Crippen LogP contribution in [0.15, 0.2) is 18.2 Å². The summed E-state index contributed by atoms with van der Waals surface area (Å²) in [5, 5.41) is 11.6. The highest BCUT2D eigenvalue weighted by atomic mass is 16.2. The molecule has 0 aliphatic rings. The summed E-state index contributed by atoms with van der Waals surface area (Å²) in [5.74, 6) is 0.0934. The van der Waals surface area contributed by atoms with E-state index in [0.717, 1.165) is 37.8 Å². The highest BCUT2D eigenvalue weighted by molar-refractivity contribution is 5.78. The molecular formula is C16H25NO2. The summed E-state index contributed by atoms with van der Waals surface area (Å²) < 4.78 is 0. The van der Waals surface area contributed by atoms with Crippen LogP contribution in [0.2, 0.25) is 0 Å². The van der Waals surface area contributed by atoms with Gasteiger partial charge in [-0.3, -0.25) is 4.79 Å². The van der Waals surface area contributed by atoms with E-state index in [2.05, 4.69) is 23.5 Å². The molecule has 106 valence electrons. The lowest BCUT2D eigenvalue weighted by atomic mass is 10.0. The predicted octanol–water partition coefficient (Wildman–Crippen LogP) is 2.51. The van der Waals surface area contributed by atoms with Gasteiger partial charge in [0, 0.05) is 13.2 Å². The number of carbonyl (C=O) groups excluding carboxylic acids is 1. The van der Waals surface area contributed by atoms with Crippen molar-refractivity contribution in [2.75, 3.05) is 13.2 Å². The van der Waals surface area contributed by atoms with E-state index in [1.807, 2.05) is 13.8 Å². The van der Waals surface area contributed by atoms with Gasteiger partial charge < -0.3 is 10.4 Å². The van der Waals surface area contributed by atoms with Gasteiger partial charge >= 0.3 is 0 Å². The van der Waals surface area contributed by atoms with Crippen molar-refractivity contribution in [1.29, 1.82) is 0 Å². The number of nitrogens with one attached hydrogen (secondary N) is 1. The molecule has 0 atom stereocenters. The van der Waals surface area contributed by atoms with Crippen LogP contribution in [0.5, 0.6) is 0 Å². The van der Waals surface area contributed by atoms with Gasteiger partial charge in [0.2, 0.25) is 5.91 Å². The molecule has 0 saturated heterocycles. The maximum Gasteiger partial charge on any atom is 0.224 e. The molecule has 1 rings (SSSR count). The summed E-state index contributed by atoms with van der Waals surface area (Å²) in [7, 11) is 0. The van der Waals surface area contributed by atoms with Crippen LogP contribution < -0.4 is 5.32 Å². The number of aryl methyl sites for hydroxylation is 2. The molecule has 0 aromatic heterocycles. The van der Waals surface area contributed by atoms with Gasteiger partial charge in [0.1, 0.15) is 0 Å². The van der Waals surface area contributed by atoms with Gasteiger partial charge in [-0.05, 0) is 37.8 Å². The minimum absolute atomic E-state index is 0.0934. The van der Waals surface area contributed by atoms with Gasteiger partial charge in [-0.2, -0.15) is 0 Å². The molecule has 0 spiro atoms. The molecule has 0 saturated carbocycles. The van der Waals surface area contributed by atoms with E-state index in [1.165, 1.54) is 11.1 Å². The molecule has 0 bridgehead atoms. The van der Waals surface area contributed by atoms with E-state index < -0.39 is 0 Å². The largest absolute Gasteiger partial charge is 0.396 e. The van der Waals surface area contributed by atoms with Crippen LogP contribution in [0.1, 0.15) is 42.4 Å². The molecule has 1 aromatic carbocycles. The molecule has 0 radical (unpaired) electrons. The first-order valence-corrected chi connectivity index (χ1v) is 7.07. The van der Waals surface area contributed by atoms with E-state index in [4.69, 9.17) is 5.11 Å². The standard InChI is InChI=1S/C16H25NO2/c1-13-7-8-14(2)15(11-13)12-16(19)17-9-5-3-4-6-10-18/h7-8,11,18H,3-6,9-10,12H2,1-2H3,(H,17,19). The number of aliphatic hydroxyl groups excluding tert-OH is 1. The topological polar surface area (TPSA) is 49.3 Å². The molecule has 3 nitrogen and oxygen atoms in total. The monoisotopic (exact) mass is 263 g/mol. The second kappa shape index (κ2) is 8.70.